The Balaban J connectivity index is 0.00000242. The van der Waals surface area contributed by atoms with Gasteiger partial charge in [-0.3, -0.25) is 9.36 Å². The van der Waals surface area contributed by atoms with Crippen LogP contribution in [0.1, 0.15) is 62.3 Å². The molecular formula is C16H28ClN5. The van der Waals surface area contributed by atoms with Crippen LogP contribution in [-0.2, 0) is 20.1 Å². The van der Waals surface area contributed by atoms with Gasteiger partial charge in [-0.2, -0.15) is 10.2 Å². The molecule has 6 heteroatoms. The quantitative estimate of drug-likeness (QED) is 0.886. The van der Waals surface area contributed by atoms with E-state index in [0.29, 0.717) is 12.0 Å². The molecule has 0 aromatic carbocycles. The molecule has 0 amide bonds. The van der Waals surface area contributed by atoms with E-state index < -0.39 is 0 Å². The second kappa shape index (κ2) is 7.79. The third-order valence-electron chi connectivity index (χ3n) is 3.76. The summed E-state index contributed by atoms with van der Waals surface area (Å²) in [5, 5.41) is 12.6. The Morgan fingerprint density at radius 2 is 1.82 bits per heavy atom. The fourth-order valence-electron chi connectivity index (χ4n) is 2.26. The van der Waals surface area contributed by atoms with Gasteiger partial charge >= 0.3 is 0 Å². The van der Waals surface area contributed by atoms with Crippen molar-refractivity contribution in [2.75, 3.05) is 0 Å². The second-order valence-electron chi connectivity index (χ2n) is 6.26. The molecule has 0 saturated heterocycles. The third kappa shape index (κ3) is 4.34. The van der Waals surface area contributed by atoms with Crippen LogP contribution in [0.3, 0.4) is 0 Å². The highest BCUT2D eigenvalue weighted by Gasteiger charge is 2.09. The Morgan fingerprint density at radius 1 is 1.14 bits per heavy atom. The molecule has 0 fully saturated rings. The summed E-state index contributed by atoms with van der Waals surface area (Å²) in [6.45, 7) is 12.4. The minimum absolute atomic E-state index is 0. The molecule has 0 aliphatic rings. The molecule has 0 aliphatic carbocycles. The van der Waals surface area contributed by atoms with Crippen molar-refractivity contribution in [3.8, 4) is 0 Å². The maximum Gasteiger partial charge on any atom is 0.0653 e. The van der Waals surface area contributed by atoms with Crippen molar-refractivity contribution in [3.05, 3.63) is 34.9 Å². The van der Waals surface area contributed by atoms with Crippen molar-refractivity contribution < 1.29 is 0 Å². The number of nitrogens with one attached hydrogen (secondary N) is 1. The molecule has 1 N–H and O–H groups in total. The van der Waals surface area contributed by atoms with Crippen LogP contribution < -0.4 is 5.32 Å². The van der Waals surface area contributed by atoms with Crippen molar-refractivity contribution in [1.82, 2.24) is 24.9 Å². The van der Waals surface area contributed by atoms with Gasteiger partial charge in [-0.1, -0.05) is 13.8 Å². The summed E-state index contributed by atoms with van der Waals surface area (Å²) < 4.78 is 3.99. The van der Waals surface area contributed by atoms with Crippen LogP contribution in [0.5, 0.6) is 0 Å². The van der Waals surface area contributed by atoms with Crippen molar-refractivity contribution >= 4 is 12.4 Å². The van der Waals surface area contributed by atoms with Gasteiger partial charge in [-0.25, -0.2) is 0 Å². The summed E-state index contributed by atoms with van der Waals surface area (Å²) in [4.78, 5) is 0. The standard InChI is InChI=1S/C16H27N5.ClH/c1-11(2)16-7-15(20(6)19-16)9-17-8-14-10-21(12(3)4)18-13(14)5;/h7,10-12,17H,8-9H2,1-6H3;1H. The van der Waals surface area contributed by atoms with Gasteiger partial charge < -0.3 is 5.32 Å². The van der Waals surface area contributed by atoms with Gasteiger partial charge in [0.1, 0.15) is 0 Å². The summed E-state index contributed by atoms with van der Waals surface area (Å²) in [6.07, 6.45) is 2.13. The average Bonchev–Trinajstić information content (AvgIpc) is 2.95. The van der Waals surface area contributed by atoms with E-state index >= 15 is 0 Å². The van der Waals surface area contributed by atoms with Crippen molar-refractivity contribution in [2.45, 2.75) is 59.7 Å². The molecule has 0 radical (unpaired) electrons. The highest BCUT2D eigenvalue weighted by molar-refractivity contribution is 5.85. The van der Waals surface area contributed by atoms with E-state index in [1.54, 1.807) is 0 Å². The first-order chi connectivity index (χ1) is 9.88. The van der Waals surface area contributed by atoms with Crippen LogP contribution in [0.15, 0.2) is 12.3 Å². The summed E-state index contributed by atoms with van der Waals surface area (Å²) in [5.41, 5.74) is 4.73. The SMILES string of the molecule is Cc1nn(C(C)C)cc1CNCc1cc(C(C)C)nn1C.Cl. The molecule has 0 bridgehead atoms. The number of hydrogen-bond donors (Lipinski definition) is 1. The first kappa shape index (κ1) is 18.7. The van der Waals surface area contributed by atoms with Crippen LogP contribution >= 0.6 is 12.4 Å². The van der Waals surface area contributed by atoms with E-state index in [-0.39, 0.29) is 12.4 Å². The summed E-state index contributed by atoms with van der Waals surface area (Å²) in [5.74, 6) is 0.469. The predicted molar refractivity (Wildman–Crippen MR) is 92.4 cm³/mol. The van der Waals surface area contributed by atoms with Gasteiger partial charge in [-0.05, 0) is 32.8 Å². The summed E-state index contributed by atoms with van der Waals surface area (Å²) in [6, 6.07) is 2.59. The van der Waals surface area contributed by atoms with E-state index in [9.17, 15) is 0 Å². The van der Waals surface area contributed by atoms with Crippen molar-refractivity contribution in [3.63, 3.8) is 0 Å². The zero-order chi connectivity index (χ0) is 15.6. The molecule has 2 heterocycles. The smallest absolute Gasteiger partial charge is 0.0653 e. The van der Waals surface area contributed by atoms with Gasteiger partial charge in [0, 0.05) is 37.9 Å². The minimum Gasteiger partial charge on any atom is -0.307 e. The maximum absolute atomic E-state index is 4.54. The lowest BCUT2D eigenvalue weighted by atomic mass is 10.1. The van der Waals surface area contributed by atoms with E-state index in [0.717, 1.165) is 24.5 Å². The molecule has 2 rings (SSSR count). The zero-order valence-electron chi connectivity index (χ0n) is 14.4. The van der Waals surface area contributed by atoms with Crippen LogP contribution in [0.25, 0.3) is 0 Å². The number of aromatic nitrogens is 4. The van der Waals surface area contributed by atoms with E-state index in [1.165, 1.54) is 11.3 Å². The zero-order valence-corrected chi connectivity index (χ0v) is 15.2. The molecule has 0 aliphatic heterocycles. The summed E-state index contributed by atoms with van der Waals surface area (Å²) >= 11 is 0. The van der Waals surface area contributed by atoms with Crippen LogP contribution in [0.2, 0.25) is 0 Å². The Labute approximate surface area is 139 Å². The molecule has 124 valence electrons. The Hall–Kier alpha value is -1.33. The lowest BCUT2D eigenvalue weighted by Gasteiger charge is -2.04. The molecule has 22 heavy (non-hydrogen) atoms. The Morgan fingerprint density at radius 3 is 2.32 bits per heavy atom. The molecule has 2 aromatic heterocycles. The Bertz CT molecular complexity index is 545. The van der Waals surface area contributed by atoms with Crippen LogP contribution in [0, 0.1) is 6.92 Å². The first-order valence-corrected chi connectivity index (χ1v) is 7.66. The van der Waals surface area contributed by atoms with Gasteiger partial charge in [0.15, 0.2) is 0 Å². The lowest BCUT2D eigenvalue weighted by molar-refractivity contribution is 0.528. The average molecular weight is 326 g/mol. The highest BCUT2D eigenvalue weighted by Crippen LogP contribution is 2.14. The van der Waals surface area contributed by atoms with Gasteiger partial charge in [0.2, 0.25) is 0 Å². The number of halogens is 1. The number of rotatable bonds is 6. The minimum atomic E-state index is 0. The van der Waals surface area contributed by atoms with E-state index in [4.69, 9.17) is 0 Å². The molecule has 0 unspecified atom stereocenters. The van der Waals surface area contributed by atoms with Crippen LogP contribution in [-0.4, -0.2) is 19.6 Å². The van der Waals surface area contributed by atoms with Gasteiger partial charge in [0.05, 0.1) is 17.1 Å². The van der Waals surface area contributed by atoms with Gasteiger partial charge in [-0.15, -0.1) is 12.4 Å². The molecule has 0 spiro atoms. The monoisotopic (exact) mass is 325 g/mol. The number of aryl methyl sites for hydroxylation is 2. The fraction of sp³-hybridized carbons (Fsp3) is 0.625. The molecular weight excluding hydrogens is 298 g/mol. The number of hydrogen-bond acceptors (Lipinski definition) is 3. The maximum atomic E-state index is 4.54. The van der Waals surface area contributed by atoms with E-state index in [1.807, 2.05) is 16.4 Å². The Kier molecular flexibility index (Phi) is 6.63. The topological polar surface area (TPSA) is 47.7 Å². The number of nitrogens with zero attached hydrogens (tertiary/aromatic N) is 4. The van der Waals surface area contributed by atoms with Crippen LogP contribution in [0.4, 0.5) is 0 Å². The largest absolute Gasteiger partial charge is 0.307 e. The fourth-order valence-corrected chi connectivity index (χ4v) is 2.26. The molecule has 5 nitrogen and oxygen atoms in total. The van der Waals surface area contributed by atoms with Crippen molar-refractivity contribution in [2.24, 2.45) is 7.05 Å². The molecule has 2 aromatic rings. The normalized spacial score (nSPS) is 11.3. The predicted octanol–water partition coefficient (Wildman–Crippen LogP) is 3.34. The lowest BCUT2D eigenvalue weighted by Crippen LogP contribution is -2.15. The third-order valence-corrected chi connectivity index (χ3v) is 3.76. The first-order valence-electron chi connectivity index (χ1n) is 7.66. The molecule has 0 atom stereocenters. The van der Waals surface area contributed by atoms with Crippen molar-refractivity contribution in [1.29, 1.82) is 0 Å². The highest BCUT2D eigenvalue weighted by atomic mass is 35.5. The summed E-state index contributed by atoms with van der Waals surface area (Å²) in [7, 11) is 2.00. The van der Waals surface area contributed by atoms with E-state index in [2.05, 4.69) is 62.4 Å². The van der Waals surface area contributed by atoms with Gasteiger partial charge in [0.25, 0.3) is 0 Å². The second-order valence-corrected chi connectivity index (χ2v) is 6.26. The molecule has 0 saturated carbocycles.